The van der Waals surface area contributed by atoms with E-state index in [-0.39, 0.29) is 36.7 Å². The number of aliphatic hydroxyl groups is 1. The Balaban J connectivity index is 1.27. The van der Waals surface area contributed by atoms with E-state index in [1.807, 2.05) is 27.0 Å². The van der Waals surface area contributed by atoms with Gasteiger partial charge in [-0.3, -0.25) is 9.59 Å². The van der Waals surface area contributed by atoms with Crippen LogP contribution in [0.25, 0.3) is 0 Å². The summed E-state index contributed by atoms with van der Waals surface area (Å²) in [5.41, 5.74) is 0.456. The number of carbonyl (C=O) groups excluding carboxylic acids is 2. The zero-order chi connectivity index (χ0) is 24.2. The van der Waals surface area contributed by atoms with Gasteiger partial charge in [0.2, 0.25) is 23.6 Å². The minimum absolute atomic E-state index is 0.0192. The number of hydrogen-bond donors (Lipinski definition) is 2. The van der Waals surface area contributed by atoms with E-state index >= 15 is 0 Å². The molecule has 3 aliphatic rings. The lowest BCUT2D eigenvalue weighted by Crippen LogP contribution is -2.53. The van der Waals surface area contributed by atoms with Crippen molar-refractivity contribution in [2.75, 3.05) is 6.54 Å². The lowest BCUT2D eigenvalue weighted by Gasteiger charge is -2.37. The van der Waals surface area contributed by atoms with Crippen molar-refractivity contribution in [1.29, 1.82) is 0 Å². The first-order valence-electron chi connectivity index (χ1n) is 12.1. The molecule has 2 aromatic rings. The maximum atomic E-state index is 13.8. The summed E-state index contributed by atoms with van der Waals surface area (Å²) in [6, 6.07) is -1.36. The summed E-state index contributed by atoms with van der Waals surface area (Å²) in [5, 5.41) is 29.9. The molecule has 0 radical (unpaired) electrons. The Labute approximate surface area is 198 Å². The molecule has 3 fully saturated rings. The van der Waals surface area contributed by atoms with Crippen molar-refractivity contribution in [3.8, 4) is 0 Å². The largest absolute Gasteiger partial charge is 0.425 e. The van der Waals surface area contributed by atoms with Crippen molar-refractivity contribution in [2.24, 2.45) is 5.41 Å². The van der Waals surface area contributed by atoms with Gasteiger partial charge in [-0.1, -0.05) is 26.0 Å². The van der Waals surface area contributed by atoms with Gasteiger partial charge in [-0.05, 0) is 31.1 Å². The number of amides is 2. The molecule has 2 aromatic heterocycles. The molecule has 2 N–H and O–H groups in total. The molecule has 0 bridgehead atoms. The molecule has 184 valence electrons. The van der Waals surface area contributed by atoms with Crippen LogP contribution in [0.15, 0.2) is 10.6 Å². The molecule has 34 heavy (non-hydrogen) atoms. The van der Waals surface area contributed by atoms with Gasteiger partial charge in [-0.15, -0.1) is 15.3 Å². The summed E-state index contributed by atoms with van der Waals surface area (Å²) in [6.07, 6.45) is 4.96. The van der Waals surface area contributed by atoms with E-state index in [0.29, 0.717) is 30.5 Å². The van der Waals surface area contributed by atoms with Crippen LogP contribution in [0, 0.1) is 12.3 Å². The van der Waals surface area contributed by atoms with Crippen LogP contribution in [0.4, 0.5) is 0 Å². The van der Waals surface area contributed by atoms with Crippen LogP contribution in [0.3, 0.4) is 0 Å². The van der Waals surface area contributed by atoms with E-state index in [4.69, 9.17) is 4.42 Å². The van der Waals surface area contributed by atoms with Gasteiger partial charge in [0.05, 0.1) is 11.8 Å². The van der Waals surface area contributed by atoms with E-state index in [0.717, 1.165) is 18.5 Å². The molecule has 2 amide bonds. The highest BCUT2D eigenvalue weighted by molar-refractivity contribution is 5.90. The van der Waals surface area contributed by atoms with Crippen LogP contribution in [-0.2, 0) is 9.59 Å². The first-order chi connectivity index (χ1) is 16.1. The highest BCUT2D eigenvalue weighted by atomic mass is 16.4. The van der Waals surface area contributed by atoms with Crippen LogP contribution in [-0.4, -0.2) is 71.7 Å². The number of aryl methyl sites for hydroxylation is 1. The summed E-state index contributed by atoms with van der Waals surface area (Å²) < 4.78 is 7.13. The average Bonchev–Trinajstić information content (AvgIpc) is 3.11. The van der Waals surface area contributed by atoms with Crippen LogP contribution < -0.4 is 5.32 Å². The number of nitrogens with zero attached hydrogens (tertiary/aromatic N) is 6. The molecule has 11 nitrogen and oxygen atoms in total. The fourth-order valence-corrected chi connectivity index (χ4v) is 5.04. The third kappa shape index (κ3) is 4.45. The normalized spacial score (nSPS) is 28.0. The molecule has 0 aromatic carbocycles. The van der Waals surface area contributed by atoms with E-state index in [1.165, 1.54) is 4.90 Å². The van der Waals surface area contributed by atoms with Gasteiger partial charge in [-0.2, -0.15) is 0 Å². The maximum absolute atomic E-state index is 13.8. The number of nitrogens with one attached hydrogen (secondary N) is 1. The summed E-state index contributed by atoms with van der Waals surface area (Å²) in [7, 11) is 0. The monoisotopic (exact) mass is 471 g/mol. The van der Waals surface area contributed by atoms with Gasteiger partial charge in [0.15, 0.2) is 0 Å². The van der Waals surface area contributed by atoms with Crippen molar-refractivity contribution >= 4 is 11.8 Å². The van der Waals surface area contributed by atoms with Gasteiger partial charge in [0.1, 0.15) is 12.1 Å². The minimum atomic E-state index is -0.742. The van der Waals surface area contributed by atoms with E-state index in [1.54, 1.807) is 11.6 Å². The molecule has 0 spiro atoms. The van der Waals surface area contributed by atoms with E-state index in [2.05, 4.69) is 25.8 Å². The smallest absolute Gasteiger partial charge is 0.248 e. The number of carbonyl (C=O) groups is 2. The molecule has 2 saturated carbocycles. The van der Waals surface area contributed by atoms with Gasteiger partial charge >= 0.3 is 0 Å². The second-order valence-electron chi connectivity index (χ2n) is 11.1. The first-order valence-corrected chi connectivity index (χ1v) is 12.1. The molecule has 3 heterocycles. The molecule has 11 heteroatoms. The Morgan fingerprint density at radius 2 is 1.88 bits per heavy atom. The highest BCUT2D eigenvalue weighted by Gasteiger charge is 2.46. The molecule has 5 rings (SSSR count). The zero-order valence-electron chi connectivity index (χ0n) is 20.1. The van der Waals surface area contributed by atoms with Crippen LogP contribution in [0.1, 0.15) is 88.2 Å². The number of aromatic nitrogens is 5. The molecular weight excluding hydrogens is 438 g/mol. The number of rotatable bonds is 6. The molecule has 2 aliphatic carbocycles. The fraction of sp³-hybridized carbons (Fsp3) is 0.739. The summed E-state index contributed by atoms with van der Waals surface area (Å²) >= 11 is 0. The number of likely N-dealkylation sites (tertiary alicyclic amines) is 1. The first kappa shape index (κ1) is 22.9. The highest BCUT2D eigenvalue weighted by Crippen LogP contribution is 2.40. The van der Waals surface area contributed by atoms with Gasteiger partial charge in [0.25, 0.3) is 0 Å². The molecule has 3 atom stereocenters. The van der Waals surface area contributed by atoms with E-state index < -0.39 is 23.6 Å². The van der Waals surface area contributed by atoms with Gasteiger partial charge in [-0.25, -0.2) is 4.68 Å². The Bertz CT molecular complexity index is 1060. The lowest BCUT2D eigenvalue weighted by atomic mass is 9.80. The second kappa shape index (κ2) is 8.44. The Hall–Kier alpha value is -2.82. The zero-order valence-corrected chi connectivity index (χ0v) is 20.1. The van der Waals surface area contributed by atoms with Crippen molar-refractivity contribution in [2.45, 2.75) is 95.9 Å². The Kier molecular flexibility index (Phi) is 5.70. The molecule has 1 aliphatic heterocycles. The topological polar surface area (TPSA) is 139 Å². The second-order valence-corrected chi connectivity index (χ2v) is 11.1. The van der Waals surface area contributed by atoms with Crippen LogP contribution >= 0.6 is 0 Å². The predicted octanol–water partition coefficient (Wildman–Crippen LogP) is 1.46. The number of β-amino-alcohol motifs (C(OH)–C–C–N with tert-alkyl or cyclic N) is 1. The average molecular weight is 472 g/mol. The van der Waals surface area contributed by atoms with E-state index in [9.17, 15) is 14.7 Å². The predicted molar refractivity (Wildman–Crippen MR) is 120 cm³/mol. The lowest BCUT2D eigenvalue weighted by molar-refractivity contribution is -0.144. The molecular formula is C23H33N7O4. The minimum Gasteiger partial charge on any atom is -0.425 e. The van der Waals surface area contributed by atoms with Crippen molar-refractivity contribution in [3.63, 3.8) is 0 Å². The summed E-state index contributed by atoms with van der Waals surface area (Å²) in [4.78, 5) is 28.5. The van der Waals surface area contributed by atoms with Crippen molar-refractivity contribution in [1.82, 2.24) is 35.4 Å². The van der Waals surface area contributed by atoms with Gasteiger partial charge < -0.3 is 19.7 Å². The quantitative estimate of drug-likeness (QED) is 0.645. The SMILES string of the molecule is Cc1nnc(C2CC(NC(=O)[C@@H]3C[C@@H](O)CN3C(=O)[C@@H](n3cc(C4CC4)nn3)C(C)(C)C)C2)o1. The number of aliphatic hydroxyl groups excluding tert-OH is 1. The maximum Gasteiger partial charge on any atom is 0.248 e. The standard InChI is InChI=1S/C23H33N7O4/c1-12-25-27-21(34-12)14-7-15(8-14)24-20(32)18-9-16(31)10-29(18)22(33)19(23(2,3)4)30-11-17(26-28-30)13-5-6-13/h11,13-16,18-19,31H,5-10H2,1-4H3,(H,24,32)/t14?,15?,16-,18+,19-/m1/s1. The van der Waals surface area contributed by atoms with Crippen LogP contribution in [0.2, 0.25) is 0 Å². The Morgan fingerprint density at radius 1 is 1.15 bits per heavy atom. The summed E-state index contributed by atoms with van der Waals surface area (Å²) in [5.74, 6) is 1.24. The van der Waals surface area contributed by atoms with Gasteiger partial charge in [0, 0.05) is 44.0 Å². The molecule has 0 unspecified atom stereocenters. The summed E-state index contributed by atoms with van der Waals surface area (Å²) in [6.45, 7) is 7.81. The third-order valence-electron chi connectivity index (χ3n) is 7.08. The van der Waals surface area contributed by atoms with Crippen molar-refractivity contribution < 1.29 is 19.1 Å². The molecule has 1 saturated heterocycles. The Morgan fingerprint density at radius 3 is 2.50 bits per heavy atom. The van der Waals surface area contributed by atoms with Crippen LogP contribution in [0.5, 0.6) is 0 Å². The number of hydrogen-bond acceptors (Lipinski definition) is 8. The fourth-order valence-electron chi connectivity index (χ4n) is 5.04. The van der Waals surface area contributed by atoms with Crippen molar-refractivity contribution in [3.05, 3.63) is 23.7 Å². The third-order valence-corrected chi connectivity index (χ3v) is 7.08.